The van der Waals surface area contributed by atoms with Gasteiger partial charge in [0.2, 0.25) is 0 Å². The number of nitrogens with one attached hydrogen (secondary N) is 2. The van der Waals surface area contributed by atoms with Crippen molar-refractivity contribution in [3.05, 3.63) is 60.0 Å². The van der Waals surface area contributed by atoms with Crippen LogP contribution < -0.4 is 10.1 Å². The Hall–Kier alpha value is -2.90. The molecule has 0 bridgehead atoms. The summed E-state index contributed by atoms with van der Waals surface area (Å²) in [7, 11) is 1.62. The third-order valence-electron chi connectivity index (χ3n) is 5.85. The summed E-state index contributed by atoms with van der Waals surface area (Å²) in [6.07, 6.45) is 6.00. The molecule has 0 radical (unpaired) electrons. The lowest BCUT2D eigenvalue weighted by Crippen LogP contribution is -2.48. The standard InChI is InChI=1S/C24H31N5O2/c1-31-22-6-4-5-19(16-22)24(30)29-13-11-28(12-14-29)10-3-2-8-25-18-21-15-20-17-26-9-7-23(20)27-21/h4-7,9,15-17,25,27H,2-3,8,10-14,18H2,1H3. The molecule has 2 N–H and O–H groups in total. The summed E-state index contributed by atoms with van der Waals surface area (Å²) in [5.41, 5.74) is 3.03. The van der Waals surface area contributed by atoms with Crippen LogP contribution in [0.3, 0.4) is 0 Å². The number of rotatable bonds is 9. The predicted octanol–water partition coefficient (Wildman–Crippen LogP) is 2.90. The molecule has 1 aromatic carbocycles. The fourth-order valence-corrected chi connectivity index (χ4v) is 4.05. The summed E-state index contributed by atoms with van der Waals surface area (Å²) in [5, 5.41) is 4.67. The van der Waals surface area contributed by atoms with Gasteiger partial charge in [0.25, 0.3) is 5.91 Å². The molecule has 1 fully saturated rings. The topological polar surface area (TPSA) is 73.5 Å². The Morgan fingerprint density at radius 2 is 2.03 bits per heavy atom. The number of nitrogens with zero attached hydrogens (tertiary/aromatic N) is 3. The zero-order valence-corrected chi connectivity index (χ0v) is 18.1. The van der Waals surface area contributed by atoms with Gasteiger partial charge in [0, 0.05) is 67.3 Å². The predicted molar refractivity (Wildman–Crippen MR) is 122 cm³/mol. The number of hydrogen-bond acceptors (Lipinski definition) is 5. The summed E-state index contributed by atoms with van der Waals surface area (Å²) in [6.45, 7) is 6.37. The van der Waals surface area contributed by atoms with E-state index in [1.807, 2.05) is 47.6 Å². The molecule has 1 aliphatic rings. The minimum Gasteiger partial charge on any atom is -0.497 e. The first kappa shape index (κ1) is 21.3. The molecule has 0 aliphatic carbocycles. The van der Waals surface area contributed by atoms with Crippen molar-refractivity contribution in [3.63, 3.8) is 0 Å². The Bertz CT molecular complexity index is 961. The van der Waals surface area contributed by atoms with Gasteiger partial charge in [-0.25, -0.2) is 0 Å². The van der Waals surface area contributed by atoms with Crippen LogP contribution in [0, 0.1) is 0 Å². The molecule has 0 spiro atoms. The van der Waals surface area contributed by atoms with Gasteiger partial charge >= 0.3 is 0 Å². The molecule has 7 nitrogen and oxygen atoms in total. The maximum atomic E-state index is 12.7. The highest BCUT2D eigenvalue weighted by atomic mass is 16.5. The maximum absolute atomic E-state index is 12.7. The Morgan fingerprint density at radius 3 is 2.84 bits per heavy atom. The van der Waals surface area contributed by atoms with Crippen LogP contribution >= 0.6 is 0 Å². The van der Waals surface area contributed by atoms with Gasteiger partial charge < -0.3 is 19.9 Å². The number of hydrogen-bond donors (Lipinski definition) is 2. The van der Waals surface area contributed by atoms with E-state index < -0.39 is 0 Å². The molecule has 1 saturated heterocycles. The van der Waals surface area contributed by atoms with Crippen LogP contribution in [0.25, 0.3) is 10.9 Å². The fourth-order valence-electron chi connectivity index (χ4n) is 4.05. The largest absolute Gasteiger partial charge is 0.497 e. The summed E-state index contributed by atoms with van der Waals surface area (Å²) in [4.78, 5) is 24.7. The van der Waals surface area contributed by atoms with Crippen LogP contribution in [-0.2, 0) is 6.54 Å². The van der Waals surface area contributed by atoms with E-state index in [2.05, 4.69) is 26.3 Å². The van der Waals surface area contributed by atoms with Gasteiger partial charge in [0.05, 0.1) is 7.11 Å². The smallest absolute Gasteiger partial charge is 0.254 e. The number of aromatic nitrogens is 2. The Kier molecular flexibility index (Phi) is 7.17. The average Bonchev–Trinajstić information content (AvgIpc) is 3.24. The van der Waals surface area contributed by atoms with Crippen LogP contribution in [-0.4, -0.2) is 72.1 Å². The lowest BCUT2D eigenvalue weighted by atomic mass is 10.1. The maximum Gasteiger partial charge on any atom is 0.254 e. The lowest BCUT2D eigenvalue weighted by molar-refractivity contribution is 0.0635. The third kappa shape index (κ3) is 5.62. The number of carbonyl (C=O) groups is 1. The third-order valence-corrected chi connectivity index (χ3v) is 5.85. The van der Waals surface area contributed by atoms with Gasteiger partial charge in [-0.3, -0.25) is 14.7 Å². The number of carbonyl (C=O) groups excluding carboxylic acids is 1. The average molecular weight is 422 g/mol. The van der Waals surface area contributed by atoms with Crippen LogP contribution in [0.2, 0.25) is 0 Å². The molecular formula is C24H31N5O2. The molecule has 3 aromatic rings. The molecule has 0 saturated carbocycles. The molecule has 1 aliphatic heterocycles. The SMILES string of the molecule is COc1cccc(C(=O)N2CCN(CCCCNCc3cc4cnccc4[nH]3)CC2)c1. The Balaban J connectivity index is 1.11. The van der Waals surface area contributed by atoms with Gasteiger partial charge in [-0.15, -0.1) is 0 Å². The molecule has 164 valence electrons. The van der Waals surface area contributed by atoms with Crippen molar-refractivity contribution in [1.82, 2.24) is 25.1 Å². The minimum absolute atomic E-state index is 0.0931. The van der Waals surface area contributed by atoms with Gasteiger partial charge in [-0.1, -0.05) is 6.07 Å². The zero-order valence-electron chi connectivity index (χ0n) is 18.1. The number of unbranched alkanes of at least 4 members (excludes halogenated alkanes) is 1. The van der Waals surface area contributed by atoms with Crippen molar-refractivity contribution in [2.75, 3.05) is 46.4 Å². The minimum atomic E-state index is 0.0931. The summed E-state index contributed by atoms with van der Waals surface area (Å²) < 4.78 is 5.23. The van der Waals surface area contributed by atoms with E-state index in [1.165, 1.54) is 5.69 Å². The number of ether oxygens (including phenoxy) is 1. The number of methoxy groups -OCH3 is 1. The van der Waals surface area contributed by atoms with Crippen molar-refractivity contribution >= 4 is 16.8 Å². The van der Waals surface area contributed by atoms with E-state index in [-0.39, 0.29) is 5.91 Å². The zero-order chi connectivity index (χ0) is 21.5. The second-order valence-corrected chi connectivity index (χ2v) is 8.01. The van der Waals surface area contributed by atoms with E-state index >= 15 is 0 Å². The van der Waals surface area contributed by atoms with Crippen molar-refractivity contribution in [2.45, 2.75) is 19.4 Å². The number of H-pyrrole nitrogens is 1. The Labute approximate surface area is 183 Å². The van der Waals surface area contributed by atoms with Crippen molar-refractivity contribution in [2.24, 2.45) is 0 Å². The highest BCUT2D eigenvalue weighted by Crippen LogP contribution is 2.16. The van der Waals surface area contributed by atoms with E-state index in [0.29, 0.717) is 5.56 Å². The van der Waals surface area contributed by atoms with Gasteiger partial charge in [0.1, 0.15) is 5.75 Å². The molecule has 31 heavy (non-hydrogen) atoms. The highest BCUT2D eigenvalue weighted by molar-refractivity contribution is 5.94. The van der Waals surface area contributed by atoms with E-state index in [4.69, 9.17) is 4.74 Å². The van der Waals surface area contributed by atoms with Crippen LogP contribution in [0.1, 0.15) is 28.9 Å². The molecule has 4 rings (SSSR count). The van der Waals surface area contributed by atoms with Crippen molar-refractivity contribution < 1.29 is 9.53 Å². The number of benzene rings is 1. The van der Waals surface area contributed by atoms with E-state index in [9.17, 15) is 4.79 Å². The van der Waals surface area contributed by atoms with E-state index in [0.717, 1.165) is 75.3 Å². The van der Waals surface area contributed by atoms with Gasteiger partial charge in [-0.2, -0.15) is 0 Å². The number of aromatic amines is 1. The quantitative estimate of drug-likeness (QED) is 0.520. The summed E-state index contributed by atoms with van der Waals surface area (Å²) in [5.74, 6) is 0.815. The normalized spacial score (nSPS) is 14.8. The van der Waals surface area contributed by atoms with Crippen LogP contribution in [0.15, 0.2) is 48.8 Å². The molecular weight excluding hydrogens is 390 g/mol. The van der Waals surface area contributed by atoms with E-state index in [1.54, 1.807) is 7.11 Å². The summed E-state index contributed by atoms with van der Waals surface area (Å²) in [6, 6.07) is 11.6. The van der Waals surface area contributed by atoms with Gasteiger partial charge in [-0.05, 0) is 56.3 Å². The number of piperazine rings is 1. The molecule has 7 heteroatoms. The first-order chi connectivity index (χ1) is 15.2. The van der Waals surface area contributed by atoms with Crippen molar-refractivity contribution in [1.29, 1.82) is 0 Å². The number of fused-ring (bicyclic) bond motifs is 1. The second kappa shape index (κ2) is 10.4. The number of amides is 1. The first-order valence-corrected chi connectivity index (χ1v) is 11.0. The fraction of sp³-hybridized carbons (Fsp3) is 0.417. The molecule has 2 aromatic heterocycles. The monoisotopic (exact) mass is 421 g/mol. The Morgan fingerprint density at radius 1 is 1.16 bits per heavy atom. The van der Waals surface area contributed by atoms with Crippen LogP contribution in [0.4, 0.5) is 0 Å². The second-order valence-electron chi connectivity index (χ2n) is 8.01. The van der Waals surface area contributed by atoms with Crippen LogP contribution in [0.5, 0.6) is 5.75 Å². The molecule has 3 heterocycles. The lowest BCUT2D eigenvalue weighted by Gasteiger charge is -2.34. The van der Waals surface area contributed by atoms with Crippen molar-refractivity contribution in [3.8, 4) is 5.75 Å². The van der Waals surface area contributed by atoms with Gasteiger partial charge in [0.15, 0.2) is 0 Å². The molecule has 1 amide bonds. The first-order valence-electron chi connectivity index (χ1n) is 11.0. The number of pyridine rings is 1. The molecule has 0 atom stereocenters. The summed E-state index contributed by atoms with van der Waals surface area (Å²) >= 11 is 0. The highest BCUT2D eigenvalue weighted by Gasteiger charge is 2.22. The molecule has 0 unspecified atom stereocenters.